The quantitative estimate of drug-likeness (QED) is 0.0479. The predicted molar refractivity (Wildman–Crippen MR) is 221 cm³/mol. The zero-order valence-electron chi connectivity index (χ0n) is 31.4. The van der Waals surface area contributed by atoms with Crippen molar-refractivity contribution in [2.24, 2.45) is 17.8 Å². The summed E-state index contributed by atoms with van der Waals surface area (Å²) >= 11 is 5.45. The zero-order chi connectivity index (χ0) is 37.8. The second kappa shape index (κ2) is 20.1. The highest BCUT2D eigenvalue weighted by atomic mass is 32.1. The molecule has 290 valence electrons. The van der Waals surface area contributed by atoms with E-state index in [-0.39, 0.29) is 5.92 Å². The van der Waals surface area contributed by atoms with Crippen molar-refractivity contribution in [3.05, 3.63) is 44.8 Å². The number of amides is 1. The second-order valence-electron chi connectivity index (χ2n) is 15.1. The average molecular weight is 800 g/mol. The van der Waals surface area contributed by atoms with Crippen molar-refractivity contribution < 1.29 is 29.4 Å². The summed E-state index contributed by atoms with van der Waals surface area (Å²) in [6.07, 6.45) is 18.5. The summed E-state index contributed by atoms with van der Waals surface area (Å²) in [6.45, 7) is 4.85. The molecule has 3 N–H and O–H groups in total. The molecule has 0 bridgehead atoms. The number of aliphatic hydroxyl groups is 2. The molecule has 4 heterocycles. The van der Waals surface area contributed by atoms with Gasteiger partial charge in [-0.2, -0.15) is 0 Å². The van der Waals surface area contributed by atoms with Gasteiger partial charge in [-0.25, -0.2) is 0 Å². The summed E-state index contributed by atoms with van der Waals surface area (Å²) in [5.74, 6) is -4.08. The van der Waals surface area contributed by atoms with E-state index in [1.807, 2.05) is 22.9 Å². The molecule has 1 saturated carbocycles. The summed E-state index contributed by atoms with van der Waals surface area (Å²) in [7, 11) is 0. The highest BCUT2D eigenvalue weighted by molar-refractivity contribution is 7.27. The number of hydrogen-bond donors (Lipinski definition) is 3. The SMILES string of the molecule is CCCCCCCCCCC(CCCCCCCC)CNC(=O)C(O)(c1cc2sccc2s1)C1CC(=O)C(C(O)(C=O)c2cc3sccc3s2)CC1=O. The minimum atomic E-state index is -2.27. The summed E-state index contributed by atoms with van der Waals surface area (Å²) in [4.78, 5) is 55.6. The lowest BCUT2D eigenvalue weighted by molar-refractivity contribution is -0.165. The molecule has 5 rings (SSSR count). The van der Waals surface area contributed by atoms with Crippen molar-refractivity contribution in [1.29, 1.82) is 0 Å². The number of unbranched alkanes of at least 4 members (excludes halogenated alkanes) is 12. The summed E-state index contributed by atoms with van der Waals surface area (Å²) < 4.78 is 3.57. The number of carbonyl (C=O) groups is 4. The van der Waals surface area contributed by atoms with Gasteiger partial charge in [-0.1, -0.05) is 104 Å². The fourth-order valence-corrected chi connectivity index (χ4v) is 12.3. The highest BCUT2D eigenvalue weighted by Gasteiger charge is 2.57. The normalized spacial score (nSPS) is 19.4. The lowest BCUT2D eigenvalue weighted by atomic mass is 9.66. The second-order valence-corrected chi connectivity index (χ2v) is 19.1. The number of carbonyl (C=O) groups excluding carboxylic acids is 4. The smallest absolute Gasteiger partial charge is 0.258 e. The Morgan fingerprint density at radius 3 is 1.74 bits per heavy atom. The first-order chi connectivity index (χ1) is 25.6. The third-order valence-corrected chi connectivity index (χ3v) is 15.6. The van der Waals surface area contributed by atoms with Crippen LogP contribution in [0.15, 0.2) is 35.0 Å². The number of ketones is 2. The standard InChI is InChI=1S/C42H57NO6S4/c1-3-5-7-9-11-12-14-16-18-29(17-15-13-10-8-6-4-2)27-43-40(47)42(49,39-26-37-35(53-39)20-22-51-37)31-24-32(45)30(23-33(31)46)41(48,28-44)38-25-36-34(52-38)19-21-50-36/h19-22,25-26,28-31,48-49H,3-18,23-24,27H2,1-2H3,(H,43,47). The Labute approximate surface area is 330 Å². The molecule has 0 radical (unpaired) electrons. The monoisotopic (exact) mass is 799 g/mol. The van der Waals surface area contributed by atoms with Crippen molar-refractivity contribution >= 4 is 87.9 Å². The summed E-state index contributed by atoms with van der Waals surface area (Å²) in [5, 5.41) is 31.2. The zero-order valence-corrected chi connectivity index (χ0v) is 34.6. The van der Waals surface area contributed by atoms with Crippen LogP contribution in [0.2, 0.25) is 0 Å². The number of nitrogens with one attached hydrogen (secondary N) is 1. The molecular formula is C42H57NO6S4. The van der Waals surface area contributed by atoms with Crippen LogP contribution in [0.3, 0.4) is 0 Å². The first-order valence-electron chi connectivity index (χ1n) is 19.8. The molecule has 0 aromatic carbocycles. The Kier molecular flexibility index (Phi) is 15.8. The molecule has 11 heteroatoms. The molecule has 4 aromatic rings. The fraction of sp³-hybridized carbons (Fsp3) is 0.619. The van der Waals surface area contributed by atoms with Crippen LogP contribution in [0.25, 0.3) is 18.8 Å². The van der Waals surface area contributed by atoms with Crippen LogP contribution in [-0.2, 0) is 30.4 Å². The lowest BCUT2D eigenvalue weighted by Gasteiger charge is -2.40. The molecular weight excluding hydrogens is 743 g/mol. The van der Waals surface area contributed by atoms with Gasteiger partial charge in [0.2, 0.25) is 0 Å². The Hall–Kier alpha value is -2.28. The highest BCUT2D eigenvalue weighted by Crippen LogP contribution is 2.48. The van der Waals surface area contributed by atoms with E-state index >= 15 is 0 Å². The first-order valence-corrected chi connectivity index (χ1v) is 23.2. The largest absolute Gasteiger partial charge is 0.376 e. The minimum Gasteiger partial charge on any atom is -0.376 e. The van der Waals surface area contributed by atoms with Gasteiger partial charge in [-0.3, -0.25) is 19.2 Å². The Morgan fingerprint density at radius 2 is 1.21 bits per heavy atom. The van der Waals surface area contributed by atoms with Gasteiger partial charge in [0.05, 0.1) is 11.8 Å². The number of thiophene rings is 4. The van der Waals surface area contributed by atoms with Gasteiger partial charge in [-0.05, 0) is 53.8 Å². The molecule has 53 heavy (non-hydrogen) atoms. The van der Waals surface area contributed by atoms with E-state index < -0.39 is 53.4 Å². The molecule has 1 aliphatic carbocycles. The van der Waals surface area contributed by atoms with E-state index in [1.54, 1.807) is 12.1 Å². The Morgan fingerprint density at radius 1 is 0.736 bits per heavy atom. The van der Waals surface area contributed by atoms with Gasteiger partial charge < -0.3 is 15.5 Å². The number of Topliss-reactive ketones (excluding diaryl/α,β-unsaturated/α-hetero) is 2. The van der Waals surface area contributed by atoms with Gasteiger partial charge in [-0.15, -0.1) is 45.3 Å². The number of rotatable bonds is 24. The third kappa shape index (κ3) is 10.1. The van der Waals surface area contributed by atoms with E-state index in [0.29, 0.717) is 22.6 Å². The maximum atomic E-state index is 14.4. The fourth-order valence-electron chi connectivity index (χ4n) is 7.87. The van der Waals surface area contributed by atoms with Crippen LogP contribution in [0.5, 0.6) is 0 Å². The van der Waals surface area contributed by atoms with Crippen molar-refractivity contribution in [1.82, 2.24) is 5.32 Å². The molecule has 0 spiro atoms. The number of aldehydes is 1. The van der Waals surface area contributed by atoms with Gasteiger partial charge in [0.1, 0.15) is 11.6 Å². The third-order valence-electron chi connectivity index (χ3n) is 11.2. The van der Waals surface area contributed by atoms with Gasteiger partial charge in [0, 0.05) is 47.9 Å². The van der Waals surface area contributed by atoms with E-state index in [0.717, 1.165) is 50.9 Å². The molecule has 5 unspecified atom stereocenters. The lowest BCUT2D eigenvalue weighted by Crippen LogP contribution is -2.56. The maximum absolute atomic E-state index is 14.4. The number of fused-ring (bicyclic) bond motifs is 2. The average Bonchev–Trinajstić information content (AvgIpc) is 3.96. The summed E-state index contributed by atoms with van der Waals surface area (Å²) in [5.41, 5.74) is -4.44. The molecule has 5 atom stereocenters. The van der Waals surface area contributed by atoms with Crippen LogP contribution >= 0.6 is 45.3 Å². The van der Waals surface area contributed by atoms with Crippen molar-refractivity contribution in [3.8, 4) is 0 Å². The van der Waals surface area contributed by atoms with Crippen molar-refractivity contribution in [2.45, 2.75) is 141 Å². The van der Waals surface area contributed by atoms with Gasteiger partial charge in [0.15, 0.2) is 17.5 Å². The van der Waals surface area contributed by atoms with E-state index in [1.165, 1.54) is 116 Å². The first kappa shape index (κ1) is 41.9. The molecule has 1 amide bonds. The molecule has 0 saturated heterocycles. The van der Waals surface area contributed by atoms with E-state index in [9.17, 15) is 29.4 Å². The molecule has 0 aliphatic heterocycles. The predicted octanol–water partition coefficient (Wildman–Crippen LogP) is 10.7. The van der Waals surface area contributed by atoms with Crippen LogP contribution in [0, 0.1) is 17.8 Å². The summed E-state index contributed by atoms with van der Waals surface area (Å²) in [6, 6.07) is 7.29. The number of hydrogen-bond acceptors (Lipinski definition) is 10. The molecule has 1 fully saturated rings. The van der Waals surface area contributed by atoms with Crippen LogP contribution < -0.4 is 5.32 Å². The topological polar surface area (TPSA) is 121 Å². The van der Waals surface area contributed by atoms with Crippen molar-refractivity contribution in [2.75, 3.05) is 6.54 Å². The van der Waals surface area contributed by atoms with Gasteiger partial charge >= 0.3 is 0 Å². The van der Waals surface area contributed by atoms with Crippen LogP contribution in [-0.4, -0.2) is 40.5 Å². The minimum absolute atomic E-state index is 0.248. The van der Waals surface area contributed by atoms with Crippen molar-refractivity contribution in [3.63, 3.8) is 0 Å². The van der Waals surface area contributed by atoms with Crippen LogP contribution in [0.1, 0.15) is 139 Å². The molecule has 1 aliphatic rings. The Balaban J connectivity index is 1.31. The maximum Gasteiger partial charge on any atom is 0.258 e. The van der Waals surface area contributed by atoms with Crippen LogP contribution in [0.4, 0.5) is 0 Å². The Bertz CT molecular complexity index is 1730. The van der Waals surface area contributed by atoms with E-state index in [2.05, 4.69) is 19.2 Å². The van der Waals surface area contributed by atoms with Gasteiger partial charge in [0.25, 0.3) is 5.91 Å². The molecule has 7 nitrogen and oxygen atoms in total. The molecule has 4 aromatic heterocycles. The van der Waals surface area contributed by atoms with E-state index in [4.69, 9.17) is 0 Å².